The van der Waals surface area contributed by atoms with E-state index in [2.05, 4.69) is 15.9 Å². The molecule has 2 aromatic carbocycles. The van der Waals surface area contributed by atoms with Crippen LogP contribution in [0, 0.1) is 0 Å². The van der Waals surface area contributed by atoms with Crippen molar-refractivity contribution >= 4 is 39.6 Å². The summed E-state index contributed by atoms with van der Waals surface area (Å²) in [5.41, 5.74) is 0.438. The second-order valence-electron chi connectivity index (χ2n) is 4.70. The standard InChI is InChI=1S/C18H17BrO4S/c1-3-22-17(20)15-10-9-14(11-16(15)18(21)23-4-2)24-13-7-5-12(19)6-8-13/h5-11H,3-4H2,1-2H3. The minimum absolute atomic E-state index is 0.218. The van der Waals surface area contributed by atoms with Gasteiger partial charge in [-0.1, -0.05) is 27.7 Å². The molecule has 0 aliphatic carbocycles. The highest BCUT2D eigenvalue weighted by molar-refractivity contribution is 9.10. The maximum Gasteiger partial charge on any atom is 0.339 e. The van der Waals surface area contributed by atoms with Gasteiger partial charge in [-0.3, -0.25) is 0 Å². The molecule has 126 valence electrons. The topological polar surface area (TPSA) is 52.6 Å². The maximum atomic E-state index is 12.2. The summed E-state index contributed by atoms with van der Waals surface area (Å²) in [7, 11) is 0. The number of hydrogen-bond donors (Lipinski definition) is 0. The second-order valence-corrected chi connectivity index (χ2v) is 6.77. The van der Waals surface area contributed by atoms with Crippen LogP contribution in [0.1, 0.15) is 34.6 Å². The van der Waals surface area contributed by atoms with Crippen molar-refractivity contribution in [1.82, 2.24) is 0 Å². The summed E-state index contributed by atoms with van der Waals surface area (Å²) in [6, 6.07) is 12.9. The van der Waals surface area contributed by atoms with Gasteiger partial charge in [0.2, 0.25) is 0 Å². The van der Waals surface area contributed by atoms with Gasteiger partial charge in [0.15, 0.2) is 0 Å². The third-order valence-electron chi connectivity index (χ3n) is 3.03. The summed E-state index contributed by atoms with van der Waals surface area (Å²) in [6.45, 7) is 3.93. The fourth-order valence-corrected chi connectivity index (χ4v) is 3.11. The first-order valence-electron chi connectivity index (χ1n) is 7.46. The Balaban J connectivity index is 2.33. The molecule has 0 aliphatic rings. The number of ether oxygens (including phenoxy) is 2. The molecule has 4 nitrogen and oxygen atoms in total. The lowest BCUT2D eigenvalue weighted by atomic mass is 10.1. The van der Waals surface area contributed by atoms with E-state index in [1.54, 1.807) is 32.0 Å². The molecule has 0 N–H and O–H groups in total. The third kappa shape index (κ3) is 4.85. The predicted molar refractivity (Wildman–Crippen MR) is 96.6 cm³/mol. The molecule has 24 heavy (non-hydrogen) atoms. The monoisotopic (exact) mass is 408 g/mol. The van der Waals surface area contributed by atoms with Gasteiger partial charge in [0.05, 0.1) is 24.3 Å². The van der Waals surface area contributed by atoms with Crippen molar-refractivity contribution in [3.8, 4) is 0 Å². The molecular weight excluding hydrogens is 392 g/mol. The fourth-order valence-electron chi connectivity index (χ4n) is 1.99. The summed E-state index contributed by atoms with van der Waals surface area (Å²) in [6.07, 6.45) is 0. The van der Waals surface area contributed by atoms with E-state index in [-0.39, 0.29) is 24.3 Å². The number of esters is 2. The van der Waals surface area contributed by atoms with Gasteiger partial charge in [0.25, 0.3) is 0 Å². The minimum Gasteiger partial charge on any atom is -0.462 e. The Morgan fingerprint density at radius 2 is 1.42 bits per heavy atom. The lowest BCUT2D eigenvalue weighted by Gasteiger charge is -2.10. The van der Waals surface area contributed by atoms with Crippen molar-refractivity contribution in [2.75, 3.05) is 13.2 Å². The molecule has 2 aromatic rings. The Labute approximate surface area is 153 Å². The van der Waals surface area contributed by atoms with Crippen LogP contribution in [0.15, 0.2) is 56.7 Å². The van der Waals surface area contributed by atoms with E-state index < -0.39 is 11.9 Å². The first kappa shape index (κ1) is 18.5. The van der Waals surface area contributed by atoms with Gasteiger partial charge >= 0.3 is 11.9 Å². The van der Waals surface area contributed by atoms with E-state index in [1.165, 1.54) is 11.8 Å². The highest BCUT2D eigenvalue weighted by atomic mass is 79.9. The van der Waals surface area contributed by atoms with Crippen molar-refractivity contribution < 1.29 is 19.1 Å². The van der Waals surface area contributed by atoms with Crippen molar-refractivity contribution in [3.05, 3.63) is 58.1 Å². The number of carbonyl (C=O) groups is 2. The summed E-state index contributed by atoms with van der Waals surface area (Å²) >= 11 is 4.90. The number of benzene rings is 2. The molecule has 0 atom stereocenters. The van der Waals surface area contributed by atoms with Crippen molar-refractivity contribution in [3.63, 3.8) is 0 Å². The summed E-state index contributed by atoms with van der Waals surface area (Å²) in [5.74, 6) is -1.06. The van der Waals surface area contributed by atoms with Crippen LogP contribution in [0.4, 0.5) is 0 Å². The van der Waals surface area contributed by atoms with Crippen LogP contribution in [0.2, 0.25) is 0 Å². The van der Waals surface area contributed by atoms with Crippen molar-refractivity contribution in [2.45, 2.75) is 23.6 Å². The van der Waals surface area contributed by atoms with E-state index in [0.717, 1.165) is 14.3 Å². The van der Waals surface area contributed by atoms with Crippen molar-refractivity contribution in [1.29, 1.82) is 0 Å². The van der Waals surface area contributed by atoms with Crippen LogP contribution < -0.4 is 0 Å². The van der Waals surface area contributed by atoms with Crippen LogP contribution in [-0.4, -0.2) is 25.2 Å². The quantitative estimate of drug-likeness (QED) is 0.632. The lowest BCUT2D eigenvalue weighted by Crippen LogP contribution is -2.14. The zero-order valence-electron chi connectivity index (χ0n) is 13.4. The average Bonchev–Trinajstić information content (AvgIpc) is 2.57. The Morgan fingerprint density at radius 1 is 0.875 bits per heavy atom. The molecule has 2 rings (SSSR count). The molecule has 0 bridgehead atoms. The zero-order chi connectivity index (χ0) is 17.5. The first-order chi connectivity index (χ1) is 11.5. The Kier molecular flexibility index (Phi) is 6.87. The van der Waals surface area contributed by atoms with Gasteiger partial charge in [0.1, 0.15) is 0 Å². The highest BCUT2D eigenvalue weighted by Gasteiger charge is 2.20. The molecule has 0 unspecified atom stereocenters. The van der Waals surface area contributed by atoms with Crippen LogP contribution in [0.3, 0.4) is 0 Å². The normalized spacial score (nSPS) is 10.3. The van der Waals surface area contributed by atoms with Gasteiger partial charge < -0.3 is 9.47 Å². The molecule has 0 heterocycles. The minimum atomic E-state index is -0.529. The maximum absolute atomic E-state index is 12.2. The summed E-state index contributed by atoms with van der Waals surface area (Å²) in [5, 5.41) is 0. The number of halogens is 1. The SMILES string of the molecule is CCOC(=O)c1ccc(Sc2ccc(Br)cc2)cc1C(=O)OCC. The smallest absolute Gasteiger partial charge is 0.339 e. The van der Waals surface area contributed by atoms with E-state index in [1.807, 2.05) is 24.3 Å². The molecule has 0 aliphatic heterocycles. The highest BCUT2D eigenvalue weighted by Crippen LogP contribution is 2.30. The molecule has 0 amide bonds. The van der Waals surface area contributed by atoms with Crippen molar-refractivity contribution in [2.24, 2.45) is 0 Å². The van der Waals surface area contributed by atoms with Gasteiger partial charge in [-0.2, -0.15) is 0 Å². The largest absolute Gasteiger partial charge is 0.462 e. The first-order valence-corrected chi connectivity index (χ1v) is 9.07. The van der Waals surface area contributed by atoms with Gasteiger partial charge in [-0.05, 0) is 56.3 Å². The molecule has 0 radical (unpaired) electrons. The lowest BCUT2D eigenvalue weighted by molar-refractivity contribution is 0.0478. The van der Waals surface area contributed by atoms with E-state index >= 15 is 0 Å². The molecular formula is C18H17BrO4S. The molecule has 0 saturated carbocycles. The van der Waals surface area contributed by atoms with E-state index in [4.69, 9.17) is 9.47 Å². The van der Waals surface area contributed by atoms with Gasteiger partial charge in [0, 0.05) is 14.3 Å². The summed E-state index contributed by atoms with van der Waals surface area (Å²) < 4.78 is 11.1. The average molecular weight is 409 g/mol. The summed E-state index contributed by atoms with van der Waals surface area (Å²) in [4.78, 5) is 26.1. The van der Waals surface area contributed by atoms with E-state index in [0.29, 0.717) is 0 Å². The molecule has 6 heteroatoms. The van der Waals surface area contributed by atoms with E-state index in [9.17, 15) is 9.59 Å². The van der Waals surface area contributed by atoms with Gasteiger partial charge in [-0.15, -0.1) is 0 Å². The number of rotatable bonds is 6. The predicted octanol–water partition coefficient (Wildman–Crippen LogP) is 4.95. The fraction of sp³-hybridized carbons (Fsp3) is 0.222. The third-order valence-corrected chi connectivity index (χ3v) is 4.56. The molecule has 0 fully saturated rings. The molecule has 0 saturated heterocycles. The number of carbonyl (C=O) groups excluding carboxylic acids is 2. The van der Waals surface area contributed by atoms with Crippen LogP contribution in [-0.2, 0) is 9.47 Å². The Bertz CT molecular complexity index is 728. The number of hydrogen-bond acceptors (Lipinski definition) is 5. The molecule has 0 aromatic heterocycles. The van der Waals surface area contributed by atoms with Crippen LogP contribution in [0.25, 0.3) is 0 Å². The Morgan fingerprint density at radius 3 is 2.00 bits per heavy atom. The second kappa shape index (κ2) is 8.89. The van der Waals surface area contributed by atoms with Crippen LogP contribution in [0.5, 0.6) is 0 Å². The molecule has 0 spiro atoms. The van der Waals surface area contributed by atoms with Crippen LogP contribution >= 0.6 is 27.7 Å². The van der Waals surface area contributed by atoms with Gasteiger partial charge in [-0.25, -0.2) is 9.59 Å². The zero-order valence-corrected chi connectivity index (χ0v) is 15.8. The Hall–Kier alpha value is -1.79.